The zero-order valence-electron chi connectivity index (χ0n) is 12.4. The molecular weight excluding hydrogens is 270 g/mol. The normalized spacial score (nSPS) is 11.4. The third-order valence-corrected chi connectivity index (χ3v) is 3.56. The van der Waals surface area contributed by atoms with Gasteiger partial charge in [-0.1, -0.05) is 60.7 Å². The van der Waals surface area contributed by atoms with Crippen LogP contribution < -0.4 is 0 Å². The predicted octanol–water partition coefficient (Wildman–Crippen LogP) is 5.20. The summed E-state index contributed by atoms with van der Waals surface area (Å²) in [6.07, 6.45) is 0. The zero-order valence-corrected chi connectivity index (χ0v) is 12.4. The average Bonchev–Trinajstić information content (AvgIpc) is 2.56. The Hall–Kier alpha value is -2.87. The second-order valence-corrected chi connectivity index (χ2v) is 5.10. The van der Waals surface area contributed by atoms with Crippen molar-refractivity contribution in [3.8, 4) is 16.9 Å². The summed E-state index contributed by atoms with van der Waals surface area (Å²) < 4.78 is 0. The lowest BCUT2D eigenvalue weighted by atomic mass is 9.99. The van der Waals surface area contributed by atoms with Crippen LogP contribution in [0.2, 0.25) is 0 Å². The maximum absolute atomic E-state index is 10.6. The maximum Gasteiger partial charge on any atom is 0.132 e. The van der Waals surface area contributed by atoms with E-state index in [9.17, 15) is 5.11 Å². The lowest BCUT2D eigenvalue weighted by molar-refractivity contribution is 0.476. The van der Waals surface area contributed by atoms with E-state index < -0.39 is 0 Å². The summed E-state index contributed by atoms with van der Waals surface area (Å²) in [7, 11) is 0. The fourth-order valence-corrected chi connectivity index (χ4v) is 2.44. The maximum atomic E-state index is 10.6. The molecule has 3 aromatic carbocycles. The van der Waals surface area contributed by atoms with E-state index in [1.54, 1.807) is 0 Å². The van der Waals surface area contributed by atoms with Crippen LogP contribution in [0, 0.1) is 0 Å². The van der Waals surface area contributed by atoms with Gasteiger partial charge in [0.25, 0.3) is 0 Å². The van der Waals surface area contributed by atoms with Crippen molar-refractivity contribution in [2.75, 3.05) is 0 Å². The molecular formula is C20H17NO. The fourth-order valence-electron chi connectivity index (χ4n) is 2.44. The molecule has 0 unspecified atom stereocenters. The van der Waals surface area contributed by atoms with Crippen molar-refractivity contribution in [2.24, 2.45) is 4.99 Å². The van der Waals surface area contributed by atoms with Crippen LogP contribution in [-0.4, -0.2) is 10.8 Å². The Kier molecular flexibility index (Phi) is 4.01. The van der Waals surface area contributed by atoms with E-state index in [0.717, 1.165) is 28.1 Å². The Labute approximate surface area is 130 Å². The van der Waals surface area contributed by atoms with Crippen LogP contribution >= 0.6 is 0 Å². The number of phenolic OH excluding ortho intramolecular Hbond substituents is 1. The summed E-state index contributed by atoms with van der Waals surface area (Å²) in [6.45, 7) is 1.91. The second-order valence-electron chi connectivity index (χ2n) is 5.10. The van der Waals surface area contributed by atoms with Crippen molar-refractivity contribution in [3.05, 3.63) is 84.4 Å². The minimum absolute atomic E-state index is 0.269. The topological polar surface area (TPSA) is 32.6 Å². The highest BCUT2D eigenvalue weighted by molar-refractivity contribution is 6.04. The molecule has 0 spiro atoms. The van der Waals surface area contributed by atoms with E-state index in [-0.39, 0.29) is 5.75 Å². The molecule has 0 amide bonds. The van der Waals surface area contributed by atoms with E-state index in [1.807, 2.05) is 85.8 Å². The number of benzene rings is 3. The molecule has 0 heterocycles. The first-order valence-electron chi connectivity index (χ1n) is 7.24. The molecule has 22 heavy (non-hydrogen) atoms. The van der Waals surface area contributed by atoms with Gasteiger partial charge in [0.1, 0.15) is 5.75 Å². The van der Waals surface area contributed by atoms with Gasteiger partial charge in [0.2, 0.25) is 0 Å². The van der Waals surface area contributed by atoms with E-state index in [0.29, 0.717) is 0 Å². The Morgan fingerprint density at radius 3 is 2.09 bits per heavy atom. The van der Waals surface area contributed by atoms with Crippen molar-refractivity contribution in [1.29, 1.82) is 0 Å². The largest absolute Gasteiger partial charge is 0.507 e. The quantitative estimate of drug-likeness (QED) is 0.660. The fraction of sp³-hybridized carbons (Fsp3) is 0.0500. The van der Waals surface area contributed by atoms with Crippen LogP contribution in [0.1, 0.15) is 12.5 Å². The van der Waals surface area contributed by atoms with Crippen LogP contribution in [0.5, 0.6) is 5.75 Å². The van der Waals surface area contributed by atoms with Gasteiger partial charge < -0.3 is 5.11 Å². The Morgan fingerprint density at radius 1 is 0.773 bits per heavy atom. The van der Waals surface area contributed by atoms with Crippen molar-refractivity contribution in [3.63, 3.8) is 0 Å². The lowest BCUT2D eigenvalue weighted by Gasteiger charge is -2.10. The smallest absolute Gasteiger partial charge is 0.132 e. The molecule has 0 atom stereocenters. The number of nitrogens with zero attached hydrogens (tertiary/aromatic N) is 1. The van der Waals surface area contributed by atoms with E-state index in [1.165, 1.54) is 0 Å². The number of aromatic hydroxyl groups is 1. The summed E-state index contributed by atoms with van der Waals surface area (Å²) >= 11 is 0. The molecule has 0 saturated heterocycles. The molecule has 0 aliphatic rings. The van der Waals surface area contributed by atoms with Gasteiger partial charge in [-0.25, -0.2) is 0 Å². The molecule has 2 nitrogen and oxygen atoms in total. The van der Waals surface area contributed by atoms with Gasteiger partial charge in [-0.05, 0) is 30.7 Å². The van der Waals surface area contributed by atoms with Crippen LogP contribution in [0.15, 0.2) is 83.9 Å². The van der Waals surface area contributed by atoms with Crippen molar-refractivity contribution in [1.82, 2.24) is 0 Å². The Balaban J connectivity index is 2.04. The van der Waals surface area contributed by atoms with E-state index >= 15 is 0 Å². The zero-order chi connectivity index (χ0) is 15.4. The number of rotatable bonds is 3. The molecule has 1 N–H and O–H groups in total. The Morgan fingerprint density at radius 2 is 1.41 bits per heavy atom. The molecule has 0 saturated carbocycles. The molecule has 0 radical (unpaired) electrons. The Bertz CT molecular complexity index is 792. The first-order chi connectivity index (χ1) is 10.8. The summed E-state index contributed by atoms with van der Waals surface area (Å²) in [4.78, 5) is 4.58. The van der Waals surface area contributed by atoms with Crippen molar-refractivity contribution < 1.29 is 5.11 Å². The predicted molar refractivity (Wildman–Crippen MR) is 91.9 cm³/mol. The highest BCUT2D eigenvalue weighted by Gasteiger charge is 2.10. The van der Waals surface area contributed by atoms with Crippen LogP contribution in [0.25, 0.3) is 11.1 Å². The SMILES string of the molecule is CC(=Nc1ccccc1)c1cccc(-c2ccccc2)c1O. The minimum atomic E-state index is 0.269. The third kappa shape index (κ3) is 2.91. The van der Waals surface area contributed by atoms with Crippen LogP contribution in [0.3, 0.4) is 0 Å². The van der Waals surface area contributed by atoms with Gasteiger partial charge in [-0.3, -0.25) is 4.99 Å². The van der Waals surface area contributed by atoms with Gasteiger partial charge in [-0.15, -0.1) is 0 Å². The lowest BCUT2D eigenvalue weighted by Crippen LogP contribution is -1.96. The van der Waals surface area contributed by atoms with Crippen molar-refractivity contribution >= 4 is 11.4 Å². The van der Waals surface area contributed by atoms with Gasteiger partial charge in [0.15, 0.2) is 0 Å². The summed E-state index contributed by atoms with van der Waals surface area (Å²) in [5, 5.41) is 10.6. The number of phenols is 1. The molecule has 0 aromatic heterocycles. The molecule has 3 aromatic rings. The molecule has 108 valence electrons. The van der Waals surface area contributed by atoms with E-state index in [2.05, 4.69) is 4.99 Å². The van der Waals surface area contributed by atoms with Gasteiger partial charge in [-0.2, -0.15) is 0 Å². The third-order valence-electron chi connectivity index (χ3n) is 3.56. The summed E-state index contributed by atoms with van der Waals surface area (Å²) in [6, 6.07) is 25.4. The van der Waals surface area contributed by atoms with Crippen LogP contribution in [-0.2, 0) is 0 Å². The summed E-state index contributed by atoms with van der Waals surface area (Å²) in [5.74, 6) is 0.269. The number of aliphatic imine (C=N–C) groups is 1. The van der Waals surface area contributed by atoms with Gasteiger partial charge in [0, 0.05) is 16.8 Å². The number of para-hydroxylation sites is 2. The monoisotopic (exact) mass is 287 g/mol. The van der Waals surface area contributed by atoms with Gasteiger partial charge >= 0.3 is 0 Å². The first-order valence-corrected chi connectivity index (χ1v) is 7.24. The standard InChI is InChI=1S/C20H17NO/c1-15(21-17-11-6-3-7-12-17)18-13-8-14-19(20(18)22)16-9-4-2-5-10-16/h2-14,22H,1H3. The number of hydrogen-bond acceptors (Lipinski definition) is 2. The average molecular weight is 287 g/mol. The molecule has 2 heteroatoms. The molecule has 0 aliphatic heterocycles. The summed E-state index contributed by atoms with van der Waals surface area (Å²) in [5.41, 5.74) is 4.24. The number of hydrogen-bond donors (Lipinski definition) is 1. The highest BCUT2D eigenvalue weighted by atomic mass is 16.3. The highest BCUT2D eigenvalue weighted by Crippen LogP contribution is 2.32. The minimum Gasteiger partial charge on any atom is -0.507 e. The van der Waals surface area contributed by atoms with E-state index in [4.69, 9.17) is 0 Å². The first kappa shape index (κ1) is 14.1. The molecule has 0 aliphatic carbocycles. The second kappa shape index (κ2) is 6.27. The molecule has 0 bridgehead atoms. The molecule has 0 fully saturated rings. The molecule has 3 rings (SSSR count). The van der Waals surface area contributed by atoms with Gasteiger partial charge in [0.05, 0.1) is 5.69 Å². The van der Waals surface area contributed by atoms with Crippen molar-refractivity contribution in [2.45, 2.75) is 6.92 Å². The van der Waals surface area contributed by atoms with Crippen LogP contribution in [0.4, 0.5) is 5.69 Å².